The minimum Gasteiger partial charge on any atom is -0.304 e. The molecule has 7 nitrogen and oxygen atoms in total. The Hall–Kier alpha value is -2.46. The molecular weight excluding hydrogens is 256 g/mol. The van der Waals surface area contributed by atoms with Crippen molar-refractivity contribution in [3.63, 3.8) is 0 Å². The van der Waals surface area contributed by atoms with Gasteiger partial charge < -0.3 is 5.32 Å². The van der Waals surface area contributed by atoms with Gasteiger partial charge in [-0.05, 0) is 0 Å². The van der Waals surface area contributed by atoms with Crippen molar-refractivity contribution in [2.45, 2.75) is 0 Å². The van der Waals surface area contributed by atoms with Crippen LogP contribution in [0.5, 0.6) is 0 Å². The molecule has 90 valence electrons. The molecule has 0 saturated carbocycles. The molecule has 0 spiro atoms. The molecule has 1 amide bonds. The summed E-state index contributed by atoms with van der Waals surface area (Å²) in [7, 11) is 1.61. The maximum atomic E-state index is 11.9. The number of carbonyl (C=O) groups is 1. The van der Waals surface area contributed by atoms with Crippen molar-refractivity contribution in [2.75, 3.05) is 5.32 Å². The molecular formula is C10H7ClN6O. The third-order valence-electron chi connectivity index (χ3n) is 2.13. The minimum atomic E-state index is -0.509. The number of aromatic nitrogens is 4. The van der Waals surface area contributed by atoms with Crippen LogP contribution in [0.2, 0.25) is 5.15 Å². The molecule has 2 aromatic rings. The number of rotatable bonds is 2. The first-order valence-electron chi connectivity index (χ1n) is 4.83. The van der Waals surface area contributed by atoms with E-state index in [9.17, 15) is 4.79 Å². The van der Waals surface area contributed by atoms with Gasteiger partial charge in [0.2, 0.25) is 0 Å². The number of amides is 1. The molecule has 18 heavy (non-hydrogen) atoms. The topological polar surface area (TPSA) is 96.5 Å². The number of anilines is 1. The van der Waals surface area contributed by atoms with Crippen LogP contribution in [-0.2, 0) is 7.05 Å². The summed E-state index contributed by atoms with van der Waals surface area (Å²) in [5, 5.41) is 15.4. The molecule has 0 aliphatic heterocycles. The lowest BCUT2D eigenvalue weighted by Gasteiger charge is -2.05. The average Bonchev–Trinajstić information content (AvgIpc) is 2.70. The zero-order valence-corrected chi connectivity index (χ0v) is 10.0. The summed E-state index contributed by atoms with van der Waals surface area (Å²) in [5.74, 6) is -0.214. The molecule has 8 heteroatoms. The molecule has 0 aliphatic rings. The smallest absolute Gasteiger partial charge is 0.277 e. The summed E-state index contributed by atoms with van der Waals surface area (Å²) in [6, 6.07) is 1.92. The Labute approximate surface area is 107 Å². The number of nitriles is 1. The fourth-order valence-electron chi connectivity index (χ4n) is 1.29. The standard InChI is InChI=1S/C10H7ClN6O/c1-17-9(6(2-12)3-14-17)16-10(18)7-4-13-5-8(11)15-7/h3-5H,1H3,(H,16,18). The predicted molar refractivity (Wildman–Crippen MR) is 62.9 cm³/mol. The lowest BCUT2D eigenvalue weighted by atomic mass is 10.3. The van der Waals surface area contributed by atoms with E-state index < -0.39 is 5.91 Å². The molecule has 1 N–H and O–H groups in total. The second-order valence-corrected chi connectivity index (χ2v) is 3.71. The van der Waals surface area contributed by atoms with Crippen LogP contribution < -0.4 is 5.32 Å². The number of hydrogen-bond acceptors (Lipinski definition) is 5. The highest BCUT2D eigenvalue weighted by Gasteiger charge is 2.14. The van der Waals surface area contributed by atoms with E-state index in [1.807, 2.05) is 6.07 Å². The van der Waals surface area contributed by atoms with Gasteiger partial charge in [-0.25, -0.2) is 4.98 Å². The van der Waals surface area contributed by atoms with Crippen LogP contribution in [0.3, 0.4) is 0 Å². The first-order chi connectivity index (χ1) is 8.61. The summed E-state index contributed by atoms with van der Waals surface area (Å²) in [6.07, 6.45) is 3.96. The summed E-state index contributed by atoms with van der Waals surface area (Å²) < 4.78 is 1.38. The monoisotopic (exact) mass is 262 g/mol. The Bertz CT molecular complexity index is 644. The van der Waals surface area contributed by atoms with Crippen molar-refractivity contribution >= 4 is 23.3 Å². The van der Waals surface area contributed by atoms with Gasteiger partial charge in [0.1, 0.15) is 28.3 Å². The highest BCUT2D eigenvalue weighted by molar-refractivity contribution is 6.29. The zero-order valence-electron chi connectivity index (χ0n) is 9.25. The molecule has 0 unspecified atom stereocenters. The molecule has 2 rings (SSSR count). The lowest BCUT2D eigenvalue weighted by molar-refractivity contribution is 0.102. The third kappa shape index (κ3) is 2.28. The van der Waals surface area contributed by atoms with Crippen molar-refractivity contribution in [3.8, 4) is 6.07 Å². The highest BCUT2D eigenvalue weighted by Crippen LogP contribution is 2.13. The molecule has 2 aromatic heterocycles. The van der Waals surface area contributed by atoms with Gasteiger partial charge in [-0.15, -0.1) is 0 Å². The Kier molecular flexibility index (Phi) is 3.21. The molecule has 0 fully saturated rings. The number of hydrogen-bond donors (Lipinski definition) is 1. The Morgan fingerprint density at radius 2 is 2.28 bits per heavy atom. The second-order valence-electron chi connectivity index (χ2n) is 3.32. The van der Waals surface area contributed by atoms with E-state index in [4.69, 9.17) is 16.9 Å². The van der Waals surface area contributed by atoms with Crippen LogP contribution >= 0.6 is 11.6 Å². The summed E-state index contributed by atoms with van der Waals surface area (Å²) in [4.78, 5) is 19.4. The fourth-order valence-corrected chi connectivity index (χ4v) is 1.44. The summed E-state index contributed by atoms with van der Waals surface area (Å²) in [6.45, 7) is 0. The van der Waals surface area contributed by atoms with Crippen molar-refractivity contribution < 1.29 is 4.79 Å². The van der Waals surface area contributed by atoms with Crippen molar-refractivity contribution in [1.29, 1.82) is 5.26 Å². The summed E-state index contributed by atoms with van der Waals surface area (Å²) in [5.41, 5.74) is 0.327. The van der Waals surface area contributed by atoms with Crippen LogP contribution in [0, 0.1) is 11.3 Å². The highest BCUT2D eigenvalue weighted by atomic mass is 35.5. The van der Waals surface area contributed by atoms with E-state index in [-0.39, 0.29) is 16.4 Å². The van der Waals surface area contributed by atoms with E-state index in [1.165, 1.54) is 23.3 Å². The molecule has 0 aromatic carbocycles. The van der Waals surface area contributed by atoms with Gasteiger partial charge >= 0.3 is 0 Å². The first kappa shape index (κ1) is 12.0. The van der Waals surface area contributed by atoms with E-state index in [1.54, 1.807) is 7.05 Å². The van der Waals surface area contributed by atoms with Crippen molar-refractivity contribution in [1.82, 2.24) is 19.7 Å². The fraction of sp³-hybridized carbons (Fsp3) is 0.100. The number of aryl methyl sites for hydroxylation is 1. The largest absolute Gasteiger partial charge is 0.304 e. The summed E-state index contributed by atoms with van der Waals surface area (Å²) >= 11 is 5.64. The molecule has 0 bridgehead atoms. The predicted octanol–water partition coefficient (Wildman–Crippen LogP) is 0.987. The normalized spacial score (nSPS) is 9.83. The SMILES string of the molecule is Cn1ncc(C#N)c1NC(=O)c1cncc(Cl)n1. The number of nitrogens with zero attached hydrogens (tertiary/aromatic N) is 5. The quantitative estimate of drug-likeness (QED) is 0.870. The number of nitrogens with one attached hydrogen (secondary N) is 1. The van der Waals surface area contributed by atoms with E-state index in [0.717, 1.165) is 0 Å². The van der Waals surface area contributed by atoms with Gasteiger partial charge in [0.15, 0.2) is 0 Å². The third-order valence-corrected chi connectivity index (χ3v) is 2.31. The van der Waals surface area contributed by atoms with Crippen LogP contribution in [0.25, 0.3) is 0 Å². The second kappa shape index (κ2) is 4.81. The Morgan fingerprint density at radius 1 is 1.50 bits per heavy atom. The van der Waals surface area contributed by atoms with Gasteiger partial charge in [-0.2, -0.15) is 10.4 Å². The molecule has 2 heterocycles. The number of halogens is 1. The first-order valence-corrected chi connectivity index (χ1v) is 5.20. The molecule has 0 saturated heterocycles. The van der Waals surface area contributed by atoms with Gasteiger partial charge in [0.05, 0.1) is 18.6 Å². The average molecular weight is 263 g/mol. The maximum Gasteiger partial charge on any atom is 0.277 e. The van der Waals surface area contributed by atoms with Gasteiger partial charge in [-0.1, -0.05) is 11.6 Å². The van der Waals surface area contributed by atoms with Gasteiger partial charge in [0, 0.05) is 7.05 Å². The van der Waals surface area contributed by atoms with Crippen LogP contribution in [0.1, 0.15) is 16.1 Å². The Morgan fingerprint density at radius 3 is 2.94 bits per heavy atom. The minimum absolute atomic E-state index is 0.0626. The van der Waals surface area contributed by atoms with Gasteiger partial charge in [0.25, 0.3) is 5.91 Å². The molecule has 0 atom stereocenters. The zero-order chi connectivity index (χ0) is 13.1. The van der Waals surface area contributed by atoms with Crippen LogP contribution in [0.15, 0.2) is 18.6 Å². The van der Waals surface area contributed by atoms with Crippen molar-refractivity contribution in [2.24, 2.45) is 7.05 Å². The Balaban J connectivity index is 2.27. The number of carbonyl (C=O) groups excluding carboxylic acids is 1. The maximum absolute atomic E-state index is 11.9. The van der Waals surface area contributed by atoms with E-state index >= 15 is 0 Å². The molecule has 0 radical (unpaired) electrons. The van der Waals surface area contributed by atoms with E-state index in [0.29, 0.717) is 5.82 Å². The van der Waals surface area contributed by atoms with Gasteiger partial charge in [-0.3, -0.25) is 14.5 Å². The van der Waals surface area contributed by atoms with Crippen LogP contribution in [-0.4, -0.2) is 25.7 Å². The lowest BCUT2D eigenvalue weighted by Crippen LogP contribution is -2.17. The molecule has 0 aliphatic carbocycles. The van der Waals surface area contributed by atoms with E-state index in [2.05, 4.69) is 20.4 Å². The van der Waals surface area contributed by atoms with Crippen molar-refractivity contribution in [3.05, 3.63) is 35.0 Å². The van der Waals surface area contributed by atoms with Crippen LogP contribution in [0.4, 0.5) is 5.82 Å².